The molecule has 3 aromatic rings. The number of hydrogen-bond donors (Lipinski definition) is 1. The molecule has 1 N–H and O–H groups in total. The maximum absolute atomic E-state index is 10.9. The second-order valence-electron chi connectivity index (χ2n) is 5.12. The monoisotopic (exact) mass is 347 g/mol. The third-order valence-corrected chi connectivity index (χ3v) is 4.34. The molecule has 122 valence electrons. The lowest BCUT2D eigenvalue weighted by molar-refractivity contribution is 0.0697. The van der Waals surface area contributed by atoms with Gasteiger partial charge in [0, 0.05) is 4.90 Å². The smallest absolute Gasteiger partial charge is 0.335 e. The van der Waals surface area contributed by atoms with Gasteiger partial charge in [0.1, 0.15) is 5.76 Å². The summed E-state index contributed by atoms with van der Waals surface area (Å²) in [5, 5.41) is 19.0. The first kappa shape index (κ1) is 16.6. The summed E-state index contributed by atoms with van der Waals surface area (Å²) in [6.07, 6.45) is 1.64. The van der Waals surface area contributed by atoms with Crippen molar-refractivity contribution < 1.29 is 14.3 Å². The molecule has 3 rings (SSSR count). The highest BCUT2D eigenvalue weighted by Gasteiger charge is 2.07. The van der Waals surface area contributed by atoms with E-state index in [9.17, 15) is 10.1 Å². The van der Waals surface area contributed by atoms with Crippen LogP contribution in [0.5, 0.6) is 0 Å². The Hall–Kier alpha value is -3.23. The van der Waals surface area contributed by atoms with E-state index in [1.54, 1.807) is 24.3 Å². The predicted octanol–water partition coefficient (Wildman–Crippen LogP) is 5.19. The van der Waals surface area contributed by atoms with Crippen LogP contribution in [0.15, 0.2) is 81.1 Å². The molecule has 0 aliphatic rings. The molecule has 0 aliphatic heterocycles. The van der Waals surface area contributed by atoms with Crippen molar-refractivity contribution in [3.63, 3.8) is 0 Å². The Balaban J connectivity index is 1.81. The molecule has 1 heterocycles. The van der Waals surface area contributed by atoms with E-state index in [2.05, 4.69) is 6.07 Å². The van der Waals surface area contributed by atoms with Crippen molar-refractivity contribution in [1.29, 1.82) is 5.26 Å². The predicted molar refractivity (Wildman–Crippen MR) is 96.2 cm³/mol. The minimum Gasteiger partial charge on any atom is -0.478 e. The normalized spacial score (nSPS) is 11.1. The number of rotatable bonds is 5. The first-order chi connectivity index (χ1) is 12.2. The lowest BCUT2D eigenvalue weighted by Crippen LogP contribution is -1.95. The van der Waals surface area contributed by atoms with Gasteiger partial charge in [0.2, 0.25) is 0 Å². The van der Waals surface area contributed by atoms with E-state index < -0.39 is 5.97 Å². The van der Waals surface area contributed by atoms with Gasteiger partial charge in [-0.1, -0.05) is 42.1 Å². The van der Waals surface area contributed by atoms with E-state index in [0.29, 0.717) is 16.9 Å². The summed E-state index contributed by atoms with van der Waals surface area (Å²) in [5.74, 6) is -0.431. The van der Waals surface area contributed by atoms with Crippen LogP contribution in [0, 0.1) is 11.3 Å². The Labute approximate surface area is 149 Å². The Bertz CT molecular complexity index is 951. The minimum absolute atomic E-state index is 0.181. The number of aromatic carboxylic acids is 1. The number of carbonyl (C=O) groups is 1. The number of hydrogen-bond acceptors (Lipinski definition) is 4. The van der Waals surface area contributed by atoms with Gasteiger partial charge in [0.05, 0.1) is 17.2 Å². The Morgan fingerprint density at radius 3 is 2.32 bits per heavy atom. The molecule has 0 saturated carbocycles. The lowest BCUT2D eigenvalue weighted by Gasteiger charge is -2.00. The molecule has 0 aliphatic carbocycles. The van der Waals surface area contributed by atoms with E-state index in [-0.39, 0.29) is 5.56 Å². The molecule has 0 radical (unpaired) electrons. The molecular weight excluding hydrogens is 334 g/mol. The second kappa shape index (κ2) is 7.56. The quantitative estimate of drug-likeness (QED) is 0.643. The molecule has 25 heavy (non-hydrogen) atoms. The zero-order valence-electron chi connectivity index (χ0n) is 13.0. The molecule has 0 unspecified atom stereocenters. The zero-order chi connectivity index (χ0) is 17.6. The van der Waals surface area contributed by atoms with Crippen LogP contribution in [0.4, 0.5) is 0 Å². The van der Waals surface area contributed by atoms with Crippen LogP contribution in [0.25, 0.3) is 11.6 Å². The largest absolute Gasteiger partial charge is 0.478 e. The van der Waals surface area contributed by atoms with Gasteiger partial charge in [-0.05, 0) is 48.0 Å². The molecule has 0 spiro atoms. The molecule has 5 heteroatoms. The molecule has 0 atom stereocenters. The standard InChI is InChI=1S/C20H13NO3S/c21-13-16(14-6-8-15(9-7-14)20(22)23)12-17-10-11-19(24-17)25-18-4-2-1-3-5-18/h1-12H,(H,22,23). The van der Waals surface area contributed by atoms with Gasteiger partial charge in [0.15, 0.2) is 5.09 Å². The topological polar surface area (TPSA) is 74.2 Å². The van der Waals surface area contributed by atoms with Crippen LogP contribution in [0.2, 0.25) is 0 Å². The fraction of sp³-hybridized carbons (Fsp3) is 0. The van der Waals surface area contributed by atoms with Crippen LogP contribution in [0.3, 0.4) is 0 Å². The second-order valence-corrected chi connectivity index (χ2v) is 6.20. The summed E-state index contributed by atoms with van der Waals surface area (Å²) < 4.78 is 5.74. The van der Waals surface area contributed by atoms with Crippen molar-refractivity contribution in [3.8, 4) is 6.07 Å². The van der Waals surface area contributed by atoms with Crippen molar-refractivity contribution >= 4 is 29.4 Å². The van der Waals surface area contributed by atoms with Crippen molar-refractivity contribution in [2.24, 2.45) is 0 Å². The number of carboxylic acids is 1. The Morgan fingerprint density at radius 1 is 1.00 bits per heavy atom. The molecule has 0 bridgehead atoms. The van der Waals surface area contributed by atoms with E-state index >= 15 is 0 Å². The molecule has 0 amide bonds. The van der Waals surface area contributed by atoms with Crippen LogP contribution in [0.1, 0.15) is 21.7 Å². The molecule has 1 aromatic heterocycles. The molecular formula is C20H13NO3S. The van der Waals surface area contributed by atoms with E-state index in [1.807, 2.05) is 36.4 Å². The van der Waals surface area contributed by atoms with Crippen LogP contribution < -0.4 is 0 Å². The third kappa shape index (κ3) is 4.19. The van der Waals surface area contributed by atoms with Gasteiger partial charge in [0.25, 0.3) is 0 Å². The highest BCUT2D eigenvalue weighted by atomic mass is 32.2. The number of furan rings is 1. The van der Waals surface area contributed by atoms with Gasteiger partial charge < -0.3 is 9.52 Å². The van der Waals surface area contributed by atoms with Crippen molar-refractivity contribution in [1.82, 2.24) is 0 Å². The average Bonchev–Trinajstić information content (AvgIpc) is 3.07. The lowest BCUT2D eigenvalue weighted by atomic mass is 10.0. The van der Waals surface area contributed by atoms with Crippen molar-refractivity contribution in [2.75, 3.05) is 0 Å². The van der Waals surface area contributed by atoms with E-state index in [1.165, 1.54) is 23.9 Å². The number of benzene rings is 2. The maximum atomic E-state index is 10.9. The molecule has 0 saturated heterocycles. The maximum Gasteiger partial charge on any atom is 0.335 e. The summed E-state index contributed by atoms with van der Waals surface area (Å²) in [5.41, 5.74) is 1.23. The average molecular weight is 347 g/mol. The first-order valence-electron chi connectivity index (χ1n) is 7.44. The zero-order valence-corrected chi connectivity index (χ0v) is 13.9. The molecule has 0 fully saturated rings. The summed E-state index contributed by atoms with van der Waals surface area (Å²) >= 11 is 1.50. The summed E-state index contributed by atoms with van der Waals surface area (Å²) in [6, 6.07) is 21.8. The number of nitriles is 1. The molecule has 4 nitrogen and oxygen atoms in total. The van der Waals surface area contributed by atoms with Gasteiger partial charge in [-0.3, -0.25) is 0 Å². The van der Waals surface area contributed by atoms with Crippen molar-refractivity contribution in [2.45, 2.75) is 9.99 Å². The van der Waals surface area contributed by atoms with Crippen LogP contribution in [-0.2, 0) is 0 Å². The summed E-state index contributed by atoms with van der Waals surface area (Å²) in [4.78, 5) is 12.0. The Kier molecular flexibility index (Phi) is 5.03. The number of carboxylic acid groups (broad SMARTS) is 1. The summed E-state index contributed by atoms with van der Waals surface area (Å²) in [7, 11) is 0. The fourth-order valence-corrected chi connectivity index (χ4v) is 2.99. The number of allylic oxidation sites excluding steroid dienone is 1. The SMILES string of the molecule is N#CC(=Cc1ccc(Sc2ccccc2)o1)c1ccc(C(=O)O)cc1. The van der Waals surface area contributed by atoms with Crippen LogP contribution >= 0.6 is 11.8 Å². The van der Waals surface area contributed by atoms with Gasteiger partial charge in [-0.25, -0.2) is 4.79 Å². The third-order valence-electron chi connectivity index (χ3n) is 3.41. The minimum atomic E-state index is -0.998. The number of nitrogens with zero attached hydrogens (tertiary/aromatic N) is 1. The van der Waals surface area contributed by atoms with Gasteiger partial charge >= 0.3 is 5.97 Å². The summed E-state index contributed by atoms with van der Waals surface area (Å²) in [6.45, 7) is 0. The van der Waals surface area contributed by atoms with Gasteiger partial charge in [-0.2, -0.15) is 5.26 Å². The van der Waals surface area contributed by atoms with E-state index in [4.69, 9.17) is 9.52 Å². The first-order valence-corrected chi connectivity index (χ1v) is 8.25. The highest BCUT2D eigenvalue weighted by Crippen LogP contribution is 2.30. The van der Waals surface area contributed by atoms with E-state index in [0.717, 1.165) is 9.99 Å². The fourth-order valence-electron chi connectivity index (χ4n) is 2.19. The highest BCUT2D eigenvalue weighted by molar-refractivity contribution is 7.99. The Morgan fingerprint density at radius 2 is 1.68 bits per heavy atom. The van der Waals surface area contributed by atoms with Crippen LogP contribution in [-0.4, -0.2) is 11.1 Å². The van der Waals surface area contributed by atoms with Crippen molar-refractivity contribution in [3.05, 3.63) is 83.6 Å². The molecule has 2 aromatic carbocycles. The van der Waals surface area contributed by atoms with Gasteiger partial charge in [-0.15, -0.1) is 0 Å².